The van der Waals surface area contributed by atoms with Crippen molar-refractivity contribution in [2.24, 2.45) is 11.8 Å². The molecule has 2 fully saturated rings. The van der Waals surface area contributed by atoms with Gasteiger partial charge >= 0.3 is 6.18 Å². The second kappa shape index (κ2) is 5.78. The maximum absolute atomic E-state index is 12.5. The van der Waals surface area contributed by atoms with E-state index in [0.29, 0.717) is 31.4 Å². The van der Waals surface area contributed by atoms with Crippen LogP contribution in [0.15, 0.2) is 0 Å². The molecule has 1 unspecified atom stereocenters. The average Bonchev–Trinajstić information content (AvgIpc) is 3.12. The molecular weight excluding hydrogens is 243 g/mol. The fourth-order valence-electron chi connectivity index (χ4n) is 2.89. The first-order valence-electron chi connectivity index (χ1n) is 6.82. The Balaban J connectivity index is 1.75. The number of alkyl halides is 3. The molecule has 5 heteroatoms. The lowest BCUT2D eigenvalue weighted by atomic mass is 9.85. The fourth-order valence-corrected chi connectivity index (χ4v) is 2.89. The van der Waals surface area contributed by atoms with E-state index in [-0.39, 0.29) is 18.9 Å². The summed E-state index contributed by atoms with van der Waals surface area (Å²) in [6.07, 6.45) is 0.247. The Morgan fingerprint density at radius 3 is 2.17 bits per heavy atom. The van der Waals surface area contributed by atoms with Crippen LogP contribution in [0.5, 0.6) is 0 Å². The van der Waals surface area contributed by atoms with Crippen LogP contribution < -0.4 is 5.32 Å². The molecule has 2 nitrogen and oxygen atoms in total. The molecule has 106 valence electrons. The highest BCUT2D eigenvalue weighted by molar-refractivity contribution is 4.90. The second-order valence-electron chi connectivity index (χ2n) is 5.66. The monoisotopic (exact) mass is 265 g/mol. The van der Waals surface area contributed by atoms with Crippen LogP contribution in [0.1, 0.15) is 38.5 Å². The predicted molar refractivity (Wildman–Crippen MR) is 63.3 cm³/mol. The number of nitrogens with one attached hydrogen (secondary N) is 1. The van der Waals surface area contributed by atoms with E-state index in [2.05, 4.69) is 5.32 Å². The van der Waals surface area contributed by atoms with Gasteiger partial charge in [0.1, 0.15) is 0 Å². The zero-order valence-corrected chi connectivity index (χ0v) is 10.8. The Bertz CT molecular complexity index is 257. The molecule has 0 aliphatic heterocycles. The van der Waals surface area contributed by atoms with Gasteiger partial charge in [0.25, 0.3) is 0 Å². The first-order chi connectivity index (χ1) is 8.50. The zero-order chi connectivity index (χ0) is 13.2. The highest BCUT2D eigenvalue weighted by Crippen LogP contribution is 2.38. The highest BCUT2D eigenvalue weighted by Gasteiger charge is 2.42. The van der Waals surface area contributed by atoms with Crippen LogP contribution in [0.3, 0.4) is 0 Å². The van der Waals surface area contributed by atoms with E-state index in [1.165, 1.54) is 12.8 Å². The Morgan fingerprint density at radius 2 is 1.72 bits per heavy atom. The lowest BCUT2D eigenvalue weighted by molar-refractivity contribution is -0.182. The Hall–Kier alpha value is -0.290. The Kier molecular flexibility index (Phi) is 4.54. The third-order valence-electron chi connectivity index (χ3n) is 4.18. The van der Waals surface area contributed by atoms with E-state index in [9.17, 15) is 13.2 Å². The molecule has 0 saturated heterocycles. The number of halogens is 3. The van der Waals surface area contributed by atoms with Crippen molar-refractivity contribution in [3.8, 4) is 0 Å². The maximum Gasteiger partial charge on any atom is 0.391 e. The van der Waals surface area contributed by atoms with Gasteiger partial charge in [-0.3, -0.25) is 0 Å². The third-order valence-corrected chi connectivity index (χ3v) is 4.18. The number of hydrogen-bond donors (Lipinski definition) is 1. The van der Waals surface area contributed by atoms with E-state index < -0.39 is 12.1 Å². The summed E-state index contributed by atoms with van der Waals surface area (Å²) in [5.74, 6) is -0.414. The van der Waals surface area contributed by atoms with Crippen LogP contribution in [0, 0.1) is 11.8 Å². The number of ether oxygens (including phenoxy) is 1. The summed E-state index contributed by atoms with van der Waals surface area (Å²) >= 11 is 0. The molecule has 0 bridgehead atoms. The summed E-state index contributed by atoms with van der Waals surface area (Å²) < 4.78 is 42.8. The Labute approximate surface area is 106 Å². The van der Waals surface area contributed by atoms with Gasteiger partial charge in [-0.2, -0.15) is 13.2 Å². The molecular formula is C13H22F3NO. The Morgan fingerprint density at radius 1 is 1.11 bits per heavy atom. The maximum atomic E-state index is 12.5. The molecule has 0 aromatic heterocycles. The van der Waals surface area contributed by atoms with E-state index in [4.69, 9.17) is 4.74 Å². The van der Waals surface area contributed by atoms with Crippen LogP contribution in [-0.4, -0.2) is 32.0 Å². The quantitative estimate of drug-likeness (QED) is 0.824. The van der Waals surface area contributed by atoms with E-state index in [1.54, 1.807) is 7.11 Å². The van der Waals surface area contributed by atoms with Gasteiger partial charge < -0.3 is 10.1 Å². The molecule has 1 atom stereocenters. The summed E-state index contributed by atoms with van der Waals surface area (Å²) in [6, 6.07) is 0.576. The molecule has 0 radical (unpaired) electrons. The highest BCUT2D eigenvalue weighted by atomic mass is 19.4. The van der Waals surface area contributed by atoms with E-state index in [1.807, 2.05) is 0 Å². The summed E-state index contributed by atoms with van der Waals surface area (Å²) in [6.45, 7) is 0.671. The average molecular weight is 265 g/mol. The van der Waals surface area contributed by atoms with E-state index >= 15 is 0 Å². The number of methoxy groups -OCH3 is 1. The van der Waals surface area contributed by atoms with Crippen molar-refractivity contribution < 1.29 is 17.9 Å². The van der Waals surface area contributed by atoms with Crippen LogP contribution >= 0.6 is 0 Å². The van der Waals surface area contributed by atoms with Crippen molar-refractivity contribution in [2.75, 3.05) is 13.7 Å². The largest absolute Gasteiger partial charge is 0.391 e. The molecule has 2 saturated carbocycles. The minimum absolute atomic E-state index is 0.240. The zero-order valence-electron chi connectivity index (χ0n) is 10.8. The van der Waals surface area contributed by atoms with Gasteiger partial charge in [0.2, 0.25) is 0 Å². The topological polar surface area (TPSA) is 21.3 Å². The molecule has 0 amide bonds. The first kappa shape index (κ1) is 14.1. The van der Waals surface area contributed by atoms with Crippen molar-refractivity contribution >= 4 is 0 Å². The van der Waals surface area contributed by atoms with Crippen molar-refractivity contribution in [3.63, 3.8) is 0 Å². The lowest BCUT2D eigenvalue weighted by Crippen LogP contribution is -2.45. The first-order valence-corrected chi connectivity index (χ1v) is 6.82. The van der Waals surface area contributed by atoms with Crippen LogP contribution in [0.25, 0.3) is 0 Å². The molecule has 2 rings (SSSR count). The summed E-state index contributed by atoms with van der Waals surface area (Å²) in [5.41, 5.74) is 0. The summed E-state index contributed by atoms with van der Waals surface area (Å²) in [4.78, 5) is 0. The smallest absolute Gasteiger partial charge is 0.383 e. The summed E-state index contributed by atoms with van der Waals surface area (Å²) in [5, 5.41) is 3.50. The molecule has 0 heterocycles. The van der Waals surface area contributed by atoms with Gasteiger partial charge in [0, 0.05) is 19.2 Å². The molecule has 2 aliphatic carbocycles. The van der Waals surface area contributed by atoms with Gasteiger partial charge in [0.05, 0.1) is 12.5 Å². The van der Waals surface area contributed by atoms with Gasteiger partial charge in [-0.1, -0.05) is 0 Å². The van der Waals surface area contributed by atoms with Crippen molar-refractivity contribution in [3.05, 3.63) is 0 Å². The van der Waals surface area contributed by atoms with Crippen molar-refractivity contribution in [1.29, 1.82) is 0 Å². The molecule has 0 aromatic rings. The molecule has 0 aromatic carbocycles. The molecule has 1 N–H and O–H groups in total. The molecule has 18 heavy (non-hydrogen) atoms. The minimum atomic E-state index is -4.01. The lowest BCUT2D eigenvalue weighted by Gasteiger charge is -2.33. The summed E-state index contributed by atoms with van der Waals surface area (Å²) in [7, 11) is 1.68. The van der Waals surface area contributed by atoms with E-state index in [0.717, 1.165) is 0 Å². The number of rotatable bonds is 5. The van der Waals surface area contributed by atoms with Crippen LogP contribution in [0.2, 0.25) is 0 Å². The normalized spacial score (nSPS) is 31.3. The van der Waals surface area contributed by atoms with Gasteiger partial charge in [-0.05, 0) is 44.4 Å². The number of hydrogen-bond acceptors (Lipinski definition) is 2. The van der Waals surface area contributed by atoms with Crippen molar-refractivity contribution in [1.82, 2.24) is 5.32 Å². The van der Waals surface area contributed by atoms with Gasteiger partial charge in [-0.15, -0.1) is 0 Å². The second-order valence-corrected chi connectivity index (χ2v) is 5.66. The molecule has 2 aliphatic rings. The van der Waals surface area contributed by atoms with Crippen molar-refractivity contribution in [2.45, 2.75) is 56.8 Å². The van der Waals surface area contributed by atoms with Crippen LogP contribution in [-0.2, 0) is 4.74 Å². The fraction of sp³-hybridized carbons (Fsp3) is 1.00. The predicted octanol–water partition coefficient (Wildman–Crippen LogP) is 3.12. The SMILES string of the molecule is COCC(NC1CCC(C(F)(F)F)CC1)C1CC1. The minimum Gasteiger partial charge on any atom is -0.383 e. The van der Waals surface area contributed by atoms with Crippen LogP contribution in [0.4, 0.5) is 13.2 Å². The van der Waals surface area contributed by atoms with Gasteiger partial charge in [0.15, 0.2) is 0 Å². The van der Waals surface area contributed by atoms with Gasteiger partial charge in [-0.25, -0.2) is 0 Å². The third kappa shape index (κ3) is 3.85. The standard InChI is InChI=1S/C13H22F3NO/c1-18-8-12(9-2-3-9)17-11-6-4-10(5-7-11)13(14,15)16/h9-12,17H,2-8H2,1H3. The molecule has 0 spiro atoms.